The molecule has 2 aliphatic rings. The molecule has 0 radical (unpaired) electrons. The van der Waals surface area contributed by atoms with Crippen molar-refractivity contribution < 1.29 is 5.21 Å². The normalized spacial score (nSPS) is 29.6. The maximum atomic E-state index is 8.67. The van der Waals surface area contributed by atoms with Crippen LogP contribution in [0.15, 0.2) is 5.16 Å². The van der Waals surface area contributed by atoms with Crippen molar-refractivity contribution in [3.05, 3.63) is 0 Å². The largest absolute Gasteiger partial charge is 0.409 e. The first kappa shape index (κ1) is 13.6. The van der Waals surface area contributed by atoms with Crippen molar-refractivity contribution in [1.29, 1.82) is 0 Å². The summed E-state index contributed by atoms with van der Waals surface area (Å²) in [6.45, 7) is 7.75. The Kier molecular flexibility index (Phi) is 4.83. The SMILES string of the molecule is CC(CN1CCC(N2CCCCC2)C1)C(N)=NO. The first-order valence-corrected chi connectivity index (χ1v) is 7.14. The second-order valence-corrected chi connectivity index (χ2v) is 5.72. The smallest absolute Gasteiger partial charge is 0.143 e. The quantitative estimate of drug-likeness (QED) is 0.339. The van der Waals surface area contributed by atoms with E-state index >= 15 is 0 Å². The van der Waals surface area contributed by atoms with Crippen LogP contribution in [0.4, 0.5) is 0 Å². The first-order chi connectivity index (χ1) is 8.70. The Labute approximate surface area is 110 Å². The molecule has 5 nitrogen and oxygen atoms in total. The second kappa shape index (κ2) is 6.38. The number of nitrogens with zero attached hydrogens (tertiary/aromatic N) is 3. The lowest BCUT2D eigenvalue weighted by Crippen LogP contribution is -2.41. The van der Waals surface area contributed by atoms with Crippen LogP contribution in [0.1, 0.15) is 32.6 Å². The standard InChI is InChI=1S/C13H26N4O/c1-11(13(14)15-18)9-16-8-5-12(10-16)17-6-3-2-4-7-17/h11-12,18H,2-10H2,1H3,(H2,14,15). The van der Waals surface area contributed by atoms with E-state index in [1.807, 2.05) is 6.92 Å². The third-order valence-electron chi connectivity index (χ3n) is 4.31. The van der Waals surface area contributed by atoms with Crippen LogP contribution in [0.3, 0.4) is 0 Å². The van der Waals surface area contributed by atoms with Crippen molar-refractivity contribution in [2.24, 2.45) is 16.8 Å². The lowest BCUT2D eigenvalue weighted by atomic mass is 10.1. The van der Waals surface area contributed by atoms with E-state index in [1.165, 1.54) is 38.8 Å². The van der Waals surface area contributed by atoms with Gasteiger partial charge in [-0.2, -0.15) is 0 Å². The predicted octanol–water partition coefficient (Wildman–Crippen LogP) is 0.929. The Morgan fingerprint density at radius 3 is 2.72 bits per heavy atom. The van der Waals surface area contributed by atoms with Crippen LogP contribution < -0.4 is 5.73 Å². The van der Waals surface area contributed by atoms with Crippen molar-refractivity contribution in [3.63, 3.8) is 0 Å². The van der Waals surface area contributed by atoms with E-state index in [1.54, 1.807) is 0 Å². The molecule has 2 atom stereocenters. The third kappa shape index (κ3) is 3.36. The Bertz CT molecular complexity index is 289. The highest BCUT2D eigenvalue weighted by Gasteiger charge is 2.29. The first-order valence-electron chi connectivity index (χ1n) is 7.14. The van der Waals surface area contributed by atoms with Crippen molar-refractivity contribution in [3.8, 4) is 0 Å². The van der Waals surface area contributed by atoms with E-state index in [0.29, 0.717) is 5.84 Å². The molecule has 0 aliphatic carbocycles. The van der Waals surface area contributed by atoms with Gasteiger partial charge in [0.15, 0.2) is 0 Å². The number of likely N-dealkylation sites (tertiary alicyclic amines) is 2. The van der Waals surface area contributed by atoms with Gasteiger partial charge < -0.3 is 15.8 Å². The van der Waals surface area contributed by atoms with Gasteiger partial charge in [0.2, 0.25) is 0 Å². The molecule has 0 aromatic heterocycles. The predicted molar refractivity (Wildman–Crippen MR) is 72.8 cm³/mol. The average Bonchev–Trinajstić information content (AvgIpc) is 2.87. The number of amidine groups is 1. The zero-order valence-corrected chi connectivity index (χ0v) is 11.4. The summed E-state index contributed by atoms with van der Waals surface area (Å²) in [6, 6.07) is 0.727. The van der Waals surface area contributed by atoms with Crippen molar-refractivity contribution in [1.82, 2.24) is 9.80 Å². The summed E-state index contributed by atoms with van der Waals surface area (Å²) in [5, 5.41) is 11.8. The average molecular weight is 254 g/mol. The maximum Gasteiger partial charge on any atom is 0.143 e. The molecule has 0 aromatic carbocycles. The molecule has 0 aromatic rings. The summed E-state index contributed by atoms with van der Waals surface area (Å²) in [5.41, 5.74) is 5.63. The monoisotopic (exact) mass is 254 g/mol. The van der Waals surface area contributed by atoms with Crippen LogP contribution in [0.25, 0.3) is 0 Å². The molecule has 2 rings (SSSR count). The molecule has 2 heterocycles. The second-order valence-electron chi connectivity index (χ2n) is 5.72. The molecule has 0 saturated carbocycles. The molecule has 0 spiro atoms. The summed E-state index contributed by atoms with van der Waals surface area (Å²) >= 11 is 0. The lowest BCUT2D eigenvalue weighted by molar-refractivity contribution is 0.161. The number of hydrogen-bond donors (Lipinski definition) is 2. The molecule has 0 amide bonds. The third-order valence-corrected chi connectivity index (χ3v) is 4.31. The molecular formula is C13H26N4O. The van der Waals surface area contributed by atoms with E-state index in [4.69, 9.17) is 10.9 Å². The summed E-state index contributed by atoms with van der Waals surface area (Å²) in [5.74, 6) is 0.478. The number of oxime groups is 1. The van der Waals surface area contributed by atoms with Gasteiger partial charge in [-0.05, 0) is 38.9 Å². The van der Waals surface area contributed by atoms with Gasteiger partial charge in [-0.1, -0.05) is 18.5 Å². The minimum absolute atomic E-state index is 0.134. The summed E-state index contributed by atoms with van der Waals surface area (Å²) in [4.78, 5) is 5.10. The number of nitrogens with two attached hydrogens (primary N) is 1. The Morgan fingerprint density at radius 1 is 1.33 bits per heavy atom. The summed E-state index contributed by atoms with van der Waals surface area (Å²) in [7, 11) is 0. The van der Waals surface area contributed by atoms with Gasteiger partial charge in [-0.15, -0.1) is 0 Å². The van der Waals surface area contributed by atoms with Crippen LogP contribution in [0, 0.1) is 5.92 Å². The molecule has 2 aliphatic heterocycles. The highest BCUT2D eigenvalue weighted by molar-refractivity contribution is 5.82. The molecule has 2 fully saturated rings. The number of piperidine rings is 1. The molecular weight excluding hydrogens is 228 g/mol. The van der Waals surface area contributed by atoms with Crippen LogP contribution in [-0.2, 0) is 0 Å². The fourth-order valence-corrected chi connectivity index (χ4v) is 3.14. The lowest BCUT2D eigenvalue weighted by Gasteiger charge is -2.32. The summed E-state index contributed by atoms with van der Waals surface area (Å²) in [6.07, 6.45) is 5.38. The van der Waals surface area contributed by atoms with Gasteiger partial charge in [0.1, 0.15) is 5.84 Å². The van der Waals surface area contributed by atoms with Gasteiger partial charge in [-0.25, -0.2) is 0 Å². The fourth-order valence-electron chi connectivity index (χ4n) is 3.14. The Balaban J connectivity index is 1.77. The van der Waals surface area contributed by atoms with Crippen molar-refractivity contribution >= 4 is 5.84 Å². The van der Waals surface area contributed by atoms with E-state index in [2.05, 4.69) is 15.0 Å². The Morgan fingerprint density at radius 2 is 2.06 bits per heavy atom. The number of rotatable bonds is 4. The van der Waals surface area contributed by atoms with E-state index < -0.39 is 0 Å². The molecule has 2 saturated heterocycles. The van der Waals surface area contributed by atoms with Crippen LogP contribution in [0.2, 0.25) is 0 Å². The van der Waals surface area contributed by atoms with E-state index in [0.717, 1.165) is 25.7 Å². The van der Waals surface area contributed by atoms with Gasteiger partial charge >= 0.3 is 0 Å². The highest BCUT2D eigenvalue weighted by Crippen LogP contribution is 2.20. The van der Waals surface area contributed by atoms with Crippen molar-refractivity contribution in [2.75, 3.05) is 32.7 Å². The maximum absolute atomic E-state index is 8.67. The van der Waals surface area contributed by atoms with Gasteiger partial charge in [0.25, 0.3) is 0 Å². The molecule has 2 unspecified atom stereocenters. The summed E-state index contributed by atoms with van der Waals surface area (Å²) < 4.78 is 0. The number of hydrogen-bond acceptors (Lipinski definition) is 4. The fraction of sp³-hybridized carbons (Fsp3) is 0.923. The van der Waals surface area contributed by atoms with Crippen LogP contribution in [-0.4, -0.2) is 59.6 Å². The molecule has 5 heteroatoms. The topological polar surface area (TPSA) is 65.1 Å². The zero-order valence-electron chi connectivity index (χ0n) is 11.4. The van der Waals surface area contributed by atoms with Gasteiger partial charge in [0, 0.05) is 25.0 Å². The molecule has 3 N–H and O–H groups in total. The minimum atomic E-state index is 0.134. The zero-order chi connectivity index (χ0) is 13.0. The molecule has 104 valence electrons. The van der Waals surface area contributed by atoms with E-state index in [9.17, 15) is 0 Å². The minimum Gasteiger partial charge on any atom is -0.409 e. The molecule has 18 heavy (non-hydrogen) atoms. The van der Waals surface area contributed by atoms with Crippen molar-refractivity contribution in [2.45, 2.75) is 38.6 Å². The Hall–Kier alpha value is -0.810. The van der Waals surface area contributed by atoms with Gasteiger partial charge in [-0.3, -0.25) is 4.90 Å². The highest BCUT2D eigenvalue weighted by atomic mass is 16.4. The van der Waals surface area contributed by atoms with E-state index in [-0.39, 0.29) is 5.92 Å². The molecule has 0 bridgehead atoms. The van der Waals surface area contributed by atoms with Crippen LogP contribution >= 0.6 is 0 Å². The van der Waals surface area contributed by atoms with Gasteiger partial charge in [0.05, 0.1) is 0 Å². The van der Waals surface area contributed by atoms with Crippen LogP contribution in [0.5, 0.6) is 0 Å².